The van der Waals surface area contributed by atoms with Gasteiger partial charge in [-0.2, -0.15) is 0 Å². The van der Waals surface area contributed by atoms with Crippen molar-refractivity contribution in [2.75, 3.05) is 12.9 Å². The summed E-state index contributed by atoms with van der Waals surface area (Å²) >= 11 is 1.19. The van der Waals surface area contributed by atoms with Crippen molar-refractivity contribution in [3.63, 3.8) is 0 Å². The van der Waals surface area contributed by atoms with Crippen molar-refractivity contribution in [2.45, 2.75) is 12.1 Å². The first-order chi connectivity index (χ1) is 13.6. The number of thioether (sulfide) groups is 1. The van der Waals surface area contributed by atoms with E-state index in [-0.39, 0.29) is 17.6 Å². The molecular formula is C18H18N6O3S. The predicted octanol–water partition coefficient (Wildman–Crippen LogP) is 1.60. The topological polar surface area (TPSA) is 111 Å². The zero-order valence-corrected chi connectivity index (χ0v) is 16.1. The van der Waals surface area contributed by atoms with Crippen LogP contribution in [-0.4, -0.2) is 44.4 Å². The number of rotatable bonds is 6. The average molecular weight is 398 g/mol. The minimum absolute atomic E-state index is 0.0462. The lowest BCUT2D eigenvalue weighted by Gasteiger charge is -2.11. The Kier molecular flexibility index (Phi) is 6.22. The standard InChI is InChI=1S/C18H18N6O3S/c1-12(25)20-21-16(26)11-28-18-23-22-17(15-8-3-4-9-19-15)24(18)13-6-5-7-14(10-13)27-2/h3-10H,11H2,1-2H3,(H,20,25)(H,21,26). The number of amides is 2. The van der Waals surface area contributed by atoms with Crippen LogP contribution in [0.15, 0.2) is 53.8 Å². The number of carbonyl (C=O) groups is 2. The number of nitrogens with one attached hydrogen (secondary N) is 2. The summed E-state index contributed by atoms with van der Waals surface area (Å²) in [4.78, 5) is 27.2. The van der Waals surface area contributed by atoms with Crippen molar-refractivity contribution in [3.8, 4) is 23.0 Å². The summed E-state index contributed by atoms with van der Waals surface area (Å²) in [5, 5.41) is 8.98. The fourth-order valence-corrected chi connectivity index (χ4v) is 3.08. The van der Waals surface area contributed by atoms with Crippen LogP contribution < -0.4 is 15.6 Å². The largest absolute Gasteiger partial charge is 0.497 e. The molecule has 144 valence electrons. The van der Waals surface area contributed by atoms with Crippen LogP contribution in [0.5, 0.6) is 5.75 Å². The molecule has 0 aliphatic heterocycles. The summed E-state index contributed by atoms with van der Waals surface area (Å²) in [6.45, 7) is 1.31. The van der Waals surface area contributed by atoms with Crippen LogP contribution in [0.25, 0.3) is 17.2 Å². The van der Waals surface area contributed by atoms with Gasteiger partial charge in [0.1, 0.15) is 11.4 Å². The molecule has 0 saturated carbocycles. The number of hydrogen-bond acceptors (Lipinski definition) is 7. The van der Waals surface area contributed by atoms with E-state index < -0.39 is 0 Å². The normalized spacial score (nSPS) is 10.4. The van der Waals surface area contributed by atoms with Crippen molar-refractivity contribution < 1.29 is 14.3 Å². The molecule has 0 fully saturated rings. The number of methoxy groups -OCH3 is 1. The zero-order chi connectivity index (χ0) is 19.9. The lowest BCUT2D eigenvalue weighted by molar-refractivity contribution is -0.126. The molecule has 28 heavy (non-hydrogen) atoms. The summed E-state index contributed by atoms with van der Waals surface area (Å²) < 4.78 is 7.12. The van der Waals surface area contributed by atoms with E-state index in [1.165, 1.54) is 18.7 Å². The molecule has 0 bridgehead atoms. The molecule has 1 aromatic carbocycles. The molecule has 3 rings (SSSR count). The number of ether oxygens (including phenoxy) is 1. The van der Waals surface area contributed by atoms with Crippen molar-refractivity contribution in [3.05, 3.63) is 48.7 Å². The molecule has 0 aliphatic rings. The number of hydrogen-bond donors (Lipinski definition) is 2. The smallest absolute Gasteiger partial charge is 0.248 e. The van der Waals surface area contributed by atoms with Gasteiger partial charge in [-0.25, -0.2) is 0 Å². The van der Waals surface area contributed by atoms with E-state index in [1.54, 1.807) is 17.9 Å². The second-order valence-electron chi connectivity index (χ2n) is 5.58. The maximum atomic E-state index is 11.9. The summed E-state index contributed by atoms with van der Waals surface area (Å²) in [7, 11) is 1.59. The van der Waals surface area contributed by atoms with E-state index in [2.05, 4.69) is 26.0 Å². The van der Waals surface area contributed by atoms with Crippen molar-refractivity contribution in [1.29, 1.82) is 0 Å². The predicted molar refractivity (Wildman–Crippen MR) is 104 cm³/mol. The molecule has 0 unspecified atom stereocenters. The third kappa shape index (κ3) is 4.65. The molecule has 0 atom stereocenters. The molecule has 2 amide bonds. The van der Waals surface area contributed by atoms with Crippen LogP contribution in [0.1, 0.15) is 6.92 Å². The Balaban J connectivity index is 1.93. The van der Waals surface area contributed by atoms with Gasteiger partial charge in [0.25, 0.3) is 0 Å². The number of carbonyl (C=O) groups excluding carboxylic acids is 2. The molecule has 2 heterocycles. The first-order valence-electron chi connectivity index (χ1n) is 8.28. The molecule has 0 aliphatic carbocycles. The number of nitrogens with zero attached hydrogens (tertiary/aromatic N) is 4. The third-order valence-corrected chi connectivity index (χ3v) is 4.48. The molecule has 3 aromatic rings. The monoisotopic (exact) mass is 398 g/mol. The molecule has 2 aromatic heterocycles. The van der Waals surface area contributed by atoms with E-state index in [0.717, 1.165) is 5.69 Å². The van der Waals surface area contributed by atoms with Gasteiger partial charge in [0, 0.05) is 19.2 Å². The zero-order valence-electron chi connectivity index (χ0n) is 15.2. The first kappa shape index (κ1) is 19.4. The maximum Gasteiger partial charge on any atom is 0.248 e. The number of pyridine rings is 1. The van der Waals surface area contributed by atoms with Crippen molar-refractivity contribution in [1.82, 2.24) is 30.6 Å². The first-order valence-corrected chi connectivity index (χ1v) is 9.26. The van der Waals surface area contributed by atoms with Crippen LogP contribution in [0.4, 0.5) is 0 Å². The van der Waals surface area contributed by atoms with Crippen LogP contribution in [-0.2, 0) is 9.59 Å². The van der Waals surface area contributed by atoms with Gasteiger partial charge in [0.15, 0.2) is 11.0 Å². The summed E-state index contributed by atoms with van der Waals surface area (Å²) in [6, 6.07) is 12.9. The molecule has 0 saturated heterocycles. The highest BCUT2D eigenvalue weighted by Crippen LogP contribution is 2.28. The Morgan fingerprint density at radius 2 is 2.00 bits per heavy atom. The highest BCUT2D eigenvalue weighted by Gasteiger charge is 2.18. The fraction of sp³-hybridized carbons (Fsp3) is 0.167. The van der Waals surface area contributed by atoms with Crippen molar-refractivity contribution >= 4 is 23.6 Å². The van der Waals surface area contributed by atoms with E-state index in [9.17, 15) is 9.59 Å². The molecule has 0 spiro atoms. The molecule has 2 N–H and O–H groups in total. The van der Waals surface area contributed by atoms with Crippen LogP contribution in [0, 0.1) is 0 Å². The lowest BCUT2D eigenvalue weighted by Crippen LogP contribution is -2.41. The lowest BCUT2D eigenvalue weighted by atomic mass is 10.2. The van der Waals surface area contributed by atoms with Gasteiger partial charge in [-0.1, -0.05) is 23.9 Å². The van der Waals surface area contributed by atoms with Gasteiger partial charge in [-0.05, 0) is 24.3 Å². The number of benzene rings is 1. The minimum atomic E-state index is -0.361. The summed E-state index contributed by atoms with van der Waals surface area (Å²) in [5.41, 5.74) is 5.99. The molecule has 10 heteroatoms. The summed E-state index contributed by atoms with van der Waals surface area (Å²) in [5.74, 6) is 0.552. The second kappa shape index (κ2) is 9.00. The van der Waals surface area contributed by atoms with Gasteiger partial charge in [0.05, 0.1) is 18.6 Å². The average Bonchev–Trinajstić information content (AvgIpc) is 3.15. The summed E-state index contributed by atoms with van der Waals surface area (Å²) in [6.07, 6.45) is 1.67. The van der Waals surface area contributed by atoms with E-state index >= 15 is 0 Å². The van der Waals surface area contributed by atoms with E-state index in [0.29, 0.717) is 22.4 Å². The van der Waals surface area contributed by atoms with Crippen molar-refractivity contribution in [2.24, 2.45) is 0 Å². The van der Waals surface area contributed by atoms with Gasteiger partial charge in [0.2, 0.25) is 11.8 Å². The van der Waals surface area contributed by atoms with Gasteiger partial charge < -0.3 is 4.74 Å². The Labute approximate surface area is 165 Å². The highest BCUT2D eigenvalue weighted by molar-refractivity contribution is 7.99. The highest BCUT2D eigenvalue weighted by atomic mass is 32.2. The van der Waals surface area contributed by atoms with Crippen LogP contribution in [0.3, 0.4) is 0 Å². The third-order valence-electron chi connectivity index (χ3n) is 3.55. The number of aromatic nitrogens is 4. The number of hydrazine groups is 1. The Morgan fingerprint density at radius 3 is 2.71 bits per heavy atom. The molecular weight excluding hydrogens is 380 g/mol. The Bertz CT molecular complexity index is 976. The van der Waals surface area contributed by atoms with E-state index in [1.807, 2.05) is 42.5 Å². The van der Waals surface area contributed by atoms with E-state index in [4.69, 9.17) is 4.74 Å². The maximum absolute atomic E-state index is 11.9. The molecule has 0 radical (unpaired) electrons. The Morgan fingerprint density at radius 1 is 1.14 bits per heavy atom. The second-order valence-corrected chi connectivity index (χ2v) is 6.52. The van der Waals surface area contributed by atoms with Gasteiger partial charge in [-0.3, -0.25) is 30.0 Å². The van der Waals surface area contributed by atoms with Gasteiger partial charge in [-0.15, -0.1) is 10.2 Å². The van der Waals surface area contributed by atoms with Crippen LogP contribution in [0.2, 0.25) is 0 Å². The van der Waals surface area contributed by atoms with Crippen LogP contribution >= 0.6 is 11.8 Å². The Hall–Kier alpha value is -3.40. The SMILES string of the molecule is COc1cccc(-n2c(SCC(=O)NNC(C)=O)nnc2-c2ccccn2)c1. The van der Waals surface area contributed by atoms with Gasteiger partial charge >= 0.3 is 0 Å². The quantitative estimate of drug-likeness (QED) is 0.479. The molecule has 9 nitrogen and oxygen atoms in total. The fourth-order valence-electron chi connectivity index (χ4n) is 2.33. The minimum Gasteiger partial charge on any atom is -0.497 e.